The lowest BCUT2D eigenvalue weighted by atomic mass is 10.1. The molecule has 4 rings (SSSR count). The number of rotatable bonds is 4. The molecule has 7 nitrogen and oxygen atoms in total. The third-order valence-corrected chi connectivity index (χ3v) is 4.40. The van der Waals surface area contributed by atoms with Crippen molar-refractivity contribution in [2.45, 2.75) is 6.36 Å². The fourth-order valence-electron chi connectivity index (χ4n) is 2.51. The molecule has 3 heterocycles. The number of hydrogen-bond donors (Lipinski definition) is 1. The molecule has 1 N–H and O–H groups in total. The molecule has 0 fully saturated rings. The summed E-state index contributed by atoms with van der Waals surface area (Å²) in [6.45, 7) is 0. The maximum atomic E-state index is 12.7. The Kier molecular flexibility index (Phi) is 4.43. The van der Waals surface area contributed by atoms with Crippen molar-refractivity contribution in [3.63, 3.8) is 0 Å². The number of ether oxygens (including phenoxy) is 1. The summed E-state index contributed by atoms with van der Waals surface area (Å²) >= 11 is 1.17. The summed E-state index contributed by atoms with van der Waals surface area (Å²) in [6, 6.07) is 7.18. The molecule has 0 unspecified atom stereocenters. The van der Waals surface area contributed by atoms with Crippen LogP contribution in [0.25, 0.3) is 16.9 Å². The van der Waals surface area contributed by atoms with Crippen molar-refractivity contribution >= 4 is 28.6 Å². The van der Waals surface area contributed by atoms with Gasteiger partial charge in [0.15, 0.2) is 10.7 Å². The second kappa shape index (κ2) is 6.93. The van der Waals surface area contributed by atoms with Crippen LogP contribution in [-0.4, -0.2) is 31.9 Å². The van der Waals surface area contributed by atoms with Crippen molar-refractivity contribution in [1.29, 1.82) is 0 Å². The second-order valence-corrected chi connectivity index (χ2v) is 6.37. The minimum absolute atomic E-state index is 0.153. The molecule has 4 aromatic rings. The third kappa shape index (κ3) is 3.64. The first kappa shape index (κ1) is 17.9. The van der Waals surface area contributed by atoms with Crippen LogP contribution < -0.4 is 10.1 Å². The number of fused-ring (bicyclic) bond motifs is 1. The molecule has 0 aliphatic heterocycles. The van der Waals surface area contributed by atoms with Crippen LogP contribution in [-0.2, 0) is 0 Å². The van der Waals surface area contributed by atoms with Gasteiger partial charge in [-0.2, -0.15) is 5.10 Å². The highest BCUT2D eigenvalue weighted by atomic mass is 32.1. The first-order valence-electron chi connectivity index (χ1n) is 7.81. The fourth-order valence-corrected chi connectivity index (χ4v) is 3.04. The lowest BCUT2D eigenvalue weighted by Gasteiger charge is -2.13. The minimum Gasteiger partial charge on any atom is -0.405 e. The maximum absolute atomic E-state index is 12.7. The summed E-state index contributed by atoms with van der Waals surface area (Å²) in [5.74, 6) is -0.808. The highest BCUT2D eigenvalue weighted by Crippen LogP contribution is 2.33. The normalized spacial score (nSPS) is 11.5. The molecule has 0 radical (unpaired) electrons. The van der Waals surface area contributed by atoms with Gasteiger partial charge in [0.05, 0.1) is 11.9 Å². The molecule has 0 aliphatic carbocycles. The van der Waals surface area contributed by atoms with E-state index in [9.17, 15) is 18.0 Å². The van der Waals surface area contributed by atoms with Crippen LogP contribution in [0.3, 0.4) is 0 Å². The molecule has 1 aromatic carbocycles. The number of aromatic nitrogens is 4. The molecule has 142 valence electrons. The van der Waals surface area contributed by atoms with E-state index < -0.39 is 12.3 Å². The molecule has 3 aromatic heterocycles. The van der Waals surface area contributed by atoms with Crippen LogP contribution in [0.4, 0.5) is 18.9 Å². The molecule has 0 aliphatic rings. The third-order valence-electron chi connectivity index (χ3n) is 3.63. The predicted molar refractivity (Wildman–Crippen MR) is 95.2 cm³/mol. The zero-order valence-corrected chi connectivity index (χ0v) is 14.7. The van der Waals surface area contributed by atoms with Gasteiger partial charge in [-0.05, 0) is 18.2 Å². The lowest BCUT2D eigenvalue weighted by Crippen LogP contribution is -2.17. The van der Waals surface area contributed by atoms with Gasteiger partial charge in [-0.3, -0.25) is 4.79 Å². The Balaban J connectivity index is 1.72. The van der Waals surface area contributed by atoms with Crippen molar-refractivity contribution in [3.8, 4) is 17.0 Å². The first-order chi connectivity index (χ1) is 13.4. The van der Waals surface area contributed by atoms with Crippen LogP contribution >= 0.6 is 11.3 Å². The fraction of sp³-hybridized carbons (Fsp3) is 0.0588. The van der Waals surface area contributed by atoms with E-state index in [1.54, 1.807) is 11.4 Å². The SMILES string of the molecule is O=C(Nc1cnn2ccc(-c3ccccc3OC(F)(F)F)nc12)c1nccs1. The number of carbonyl (C=O) groups excluding carboxylic acids is 1. The zero-order valence-electron chi connectivity index (χ0n) is 13.8. The van der Waals surface area contributed by atoms with Crippen molar-refractivity contribution < 1.29 is 22.7 Å². The summed E-state index contributed by atoms with van der Waals surface area (Å²) < 4.78 is 43.5. The van der Waals surface area contributed by atoms with Gasteiger partial charge in [-0.25, -0.2) is 14.5 Å². The highest BCUT2D eigenvalue weighted by Gasteiger charge is 2.32. The van der Waals surface area contributed by atoms with Crippen molar-refractivity contribution in [1.82, 2.24) is 19.6 Å². The Hall–Kier alpha value is -3.47. The summed E-state index contributed by atoms with van der Waals surface area (Å²) in [5, 5.41) is 8.66. The average molecular weight is 405 g/mol. The van der Waals surface area contributed by atoms with Gasteiger partial charge in [-0.15, -0.1) is 24.5 Å². The summed E-state index contributed by atoms with van der Waals surface area (Å²) in [5.41, 5.74) is 0.957. The smallest absolute Gasteiger partial charge is 0.405 e. The van der Waals surface area contributed by atoms with Crippen LogP contribution in [0.2, 0.25) is 0 Å². The van der Waals surface area contributed by atoms with Gasteiger partial charge in [0.1, 0.15) is 11.4 Å². The number of hydrogen-bond acceptors (Lipinski definition) is 6. The predicted octanol–water partition coefficient (Wildman–Crippen LogP) is 4.00. The molecule has 0 saturated carbocycles. The van der Waals surface area contributed by atoms with Gasteiger partial charge in [0, 0.05) is 23.3 Å². The van der Waals surface area contributed by atoms with Crippen molar-refractivity contribution in [2.24, 2.45) is 0 Å². The van der Waals surface area contributed by atoms with Crippen molar-refractivity contribution in [2.75, 3.05) is 5.32 Å². The summed E-state index contributed by atoms with van der Waals surface area (Å²) in [4.78, 5) is 20.5. The summed E-state index contributed by atoms with van der Waals surface area (Å²) in [7, 11) is 0. The lowest BCUT2D eigenvalue weighted by molar-refractivity contribution is -0.274. The van der Waals surface area contributed by atoms with Crippen LogP contribution in [0.5, 0.6) is 5.75 Å². The minimum atomic E-state index is -4.83. The van der Waals surface area contributed by atoms with Crippen LogP contribution in [0.1, 0.15) is 9.80 Å². The maximum Gasteiger partial charge on any atom is 0.573 e. The van der Waals surface area contributed by atoms with E-state index in [4.69, 9.17) is 0 Å². The van der Waals surface area contributed by atoms with E-state index in [0.717, 1.165) is 0 Å². The number of alkyl halides is 3. The van der Waals surface area contributed by atoms with E-state index in [2.05, 4.69) is 25.1 Å². The molecular weight excluding hydrogens is 395 g/mol. The number of benzene rings is 1. The number of amides is 1. The van der Waals surface area contributed by atoms with Crippen LogP contribution in [0, 0.1) is 0 Å². The van der Waals surface area contributed by atoms with E-state index in [-0.39, 0.29) is 27.7 Å². The monoisotopic (exact) mass is 405 g/mol. The Morgan fingerprint density at radius 1 is 1.21 bits per heavy atom. The Morgan fingerprint density at radius 2 is 2.04 bits per heavy atom. The molecule has 28 heavy (non-hydrogen) atoms. The molecule has 0 atom stereocenters. The van der Waals surface area contributed by atoms with E-state index >= 15 is 0 Å². The molecular formula is C17H10F3N5O2S. The molecule has 0 spiro atoms. The van der Waals surface area contributed by atoms with Gasteiger partial charge in [0.2, 0.25) is 0 Å². The number of halogens is 3. The number of carbonyl (C=O) groups is 1. The molecule has 0 saturated heterocycles. The van der Waals surface area contributed by atoms with E-state index in [0.29, 0.717) is 5.69 Å². The van der Waals surface area contributed by atoms with E-state index in [1.165, 1.54) is 58.7 Å². The van der Waals surface area contributed by atoms with E-state index in [1.807, 2.05) is 0 Å². The standard InChI is InChI=1S/C17H10F3N5O2S/c18-17(19,20)27-13-4-2-1-3-10(13)11-5-7-25-14(23-11)12(9-22-25)24-15(26)16-21-6-8-28-16/h1-9H,(H,24,26). The largest absolute Gasteiger partial charge is 0.573 e. The van der Waals surface area contributed by atoms with Gasteiger partial charge in [0.25, 0.3) is 5.91 Å². The van der Waals surface area contributed by atoms with Gasteiger partial charge in [-0.1, -0.05) is 12.1 Å². The average Bonchev–Trinajstić information content (AvgIpc) is 3.31. The molecule has 0 bridgehead atoms. The van der Waals surface area contributed by atoms with Crippen molar-refractivity contribution in [3.05, 3.63) is 59.3 Å². The summed E-state index contributed by atoms with van der Waals surface area (Å²) in [6.07, 6.45) is -0.399. The number of para-hydroxylation sites is 1. The number of thiazole rings is 1. The first-order valence-corrected chi connectivity index (χ1v) is 8.69. The van der Waals surface area contributed by atoms with Gasteiger partial charge < -0.3 is 10.1 Å². The Morgan fingerprint density at radius 3 is 2.79 bits per heavy atom. The number of nitrogens with one attached hydrogen (secondary N) is 1. The molecule has 11 heteroatoms. The van der Waals surface area contributed by atoms with Gasteiger partial charge >= 0.3 is 6.36 Å². The number of nitrogens with zero attached hydrogens (tertiary/aromatic N) is 4. The number of anilines is 1. The zero-order chi connectivity index (χ0) is 19.7. The highest BCUT2D eigenvalue weighted by molar-refractivity contribution is 7.11. The Bertz CT molecular complexity index is 1140. The quantitative estimate of drug-likeness (QED) is 0.555. The van der Waals surface area contributed by atoms with Crippen LogP contribution in [0.15, 0.2) is 54.3 Å². The second-order valence-electron chi connectivity index (χ2n) is 5.47. The Labute approximate surface area is 159 Å². The topological polar surface area (TPSA) is 81.4 Å². The molecule has 1 amide bonds.